The molecule has 0 heterocycles. The number of thiocarbonyl (C=S) groups is 1. The second-order valence-corrected chi connectivity index (χ2v) is 7.50. The second-order valence-electron chi connectivity index (χ2n) is 6.66. The Bertz CT molecular complexity index is 842. The average molecular weight is 448 g/mol. The zero-order valence-corrected chi connectivity index (χ0v) is 18.4. The molecule has 30 heavy (non-hydrogen) atoms. The Labute approximate surface area is 187 Å². The van der Waals surface area contributed by atoms with E-state index in [1.54, 1.807) is 48.5 Å². The Balaban J connectivity index is 1.72. The average Bonchev–Trinajstić information content (AvgIpc) is 2.75. The van der Waals surface area contributed by atoms with E-state index in [9.17, 15) is 9.59 Å². The number of halogens is 1. The minimum atomic E-state index is -0.403. The third-order valence-electron chi connectivity index (χ3n) is 4.26. The molecule has 0 saturated carbocycles. The highest BCUT2D eigenvalue weighted by atomic mass is 35.5. The third-order valence-corrected chi connectivity index (χ3v) is 4.71. The van der Waals surface area contributed by atoms with Crippen molar-refractivity contribution < 1.29 is 14.3 Å². The molecule has 0 radical (unpaired) electrons. The summed E-state index contributed by atoms with van der Waals surface area (Å²) in [6, 6.07) is 13.2. The maximum absolute atomic E-state index is 12.3. The Morgan fingerprint density at radius 2 is 1.47 bits per heavy atom. The van der Waals surface area contributed by atoms with E-state index in [-0.39, 0.29) is 11.0 Å². The number of amides is 2. The van der Waals surface area contributed by atoms with E-state index in [0.717, 1.165) is 18.6 Å². The van der Waals surface area contributed by atoms with Gasteiger partial charge < -0.3 is 4.74 Å². The molecule has 6 nitrogen and oxygen atoms in total. The highest BCUT2D eigenvalue weighted by Crippen LogP contribution is 2.13. The van der Waals surface area contributed by atoms with Crippen LogP contribution in [0.25, 0.3) is 0 Å². The van der Waals surface area contributed by atoms with Crippen molar-refractivity contribution in [2.45, 2.75) is 39.0 Å². The van der Waals surface area contributed by atoms with Crippen LogP contribution in [-0.2, 0) is 0 Å². The van der Waals surface area contributed by atoms with E-state index in [1.165, 1.54) is 19.3 Å². The molecule has 8 heteroatoms. The Morgan fingerprint density at radius 1 is 0.867 bits per heavy atom. The molecule has 2 aromatic rings. The maximum Gasteiger partial charge on any atom is 0.269 e. The maximum atomic E-state index is 12.3. The summed E-state index contributed by atoms with van der Waals surface area (Å²) in [5, 5.41) is 3.02. The number of nitrogens with one attached hydrogen (secondary N) is 3. The van der Waals surface area contributed by atoms with Gasteiger partial charge in [-0.15, -0.1) is 0 Å². The minimum absolute atomic E-state index is 0.0188. The van der Waals surface area contributed by atoms with Crippen LogP contribution in [0.1, 0.15) is 59.7 Å². The monoisotopic (exact) mass is 447 g/mol. The summed E-state index contributed by atoms with van der Waals surface area (Å²) in [4.78, 5) is 24.3. The fraction of sp³-hybridized carbons (Fsp3) is 0.318. The van der Waals surface area contributed by atoms with Gasteiger partial charge in [-0.2, -0.15) is 0 Å². The molecular formula is C22H26ClN3O3S. The molecular weight excluding hydrogens is 422 g/mol. The predicted molar refractivity (Wildman–Crippen MR) is 123 cm³/mol. The summed E-state index contributed by atoms with van der Waals surface area (Å²) >= 11 is 10.8. The molecule has 2 amide bonds. The van der Waals surface area contributed by atoms with Crippen LogP contribution in [0, 0.1) is 0 Å². The predicted octanol–water partition coefficient (Wildman–Crippen LogP) is 4.64. The van der Waals surface area contributed by atoms with Crippen LogP contribution in [0.4, 0.5) is 0 Å². The molecule has 0 fully saturated rings. The second kappa shape index (κ2) is 12.8. The molecule has 0 aliphatic carbocycles. The van der Waals surface area contributed by atoms with Crippen LogP contribution in [0.2, 0.25) is 5.02 Å². The number of hydrogen-bond donors (Lipinski definition) is 3. The zero-order valence-electron chi connectivity index (χ0n) is 16.9. The highest BCUT2D eigenvalue weighted by molar-refractivity contribution is 7.80. The number of rotatable bonds is 9. The number of unbranched alkanes of at least 4 members (excludes halogenated alkanes) is 4. The summed E-state index contributed by atoms with van der Waals surface area (Å²) in [5.41, 5.74) is 5.75. The SMILES string of the molecule is CCCCCCCOc1ccc(C(=O)NC(=S)NNC(=O)c2ccc(Cl)cc2)cc1. The summed E-state index contributed by atoms with van der Waals surface area (Å²) in [6.07, 6.45) is 5.88. The normalized spacial score (nSPS) is 10.2. The van der Waals surface area contributed by atoms with Crippen molar-refractivity contribution in [1.82, 2.24) is 16.2 Å². The van der Waals surface area contributed by atoms with Gasteiger partial charge in [0.05, 0.1) is 6.61 Å². The van der Waals surface area contributed by atoms with Gasteiger partial charge in [0.2, 0.25) is 0 Å². The molecule has 2 aromatic carbocycles. The topological polar surface area (TPSA) is 79.5 Å². The van der Waals surface area contributed by atoms with Gasteiger partial charge in [0.15, 0.2) is 5.11 Å². The van der Waals surface area contributed by atoms with Crippen molar-refractivity contribution in [3.8, 4) is 5.75 Å². The number of hydrazine groups is 1. The lowest BCUT2D eigenvalue weighted by atomic mass is 10.2. The van der Waals surface area contributed by atoms with E-state index in [2.05, 4.69) is 23.1 Å². The van der Waals surface area contributed by atoms with E-state index in [1.807, 2.05) is 0 Å². The van der Waals surface area contributed by atoms with Crippen molar-refractivity contribution in [3.05, 3.63) is 64.7 Å². The lowest BCUT2D eigenvalue weighted by molar-refractivity contribution is 0.0934. The van der Waals surface area contributed by atoms with Gasteiger partial charge in [0, 0.05) is 16.1 Å². The molecule has 3 N–H and O–H groups in total. The van der Waals surface area contributed by atoms with Crippen molar-refractivity contribution in [2.24, 2.45) is 0 Å². The molecule has 0 spiro atoms. The summed E-state index contributed by atoms with van der Waals surface area (Å²) in [7, 11) is 0. The summed E-state index contributed by atoms with van der Waals surface area (Å²) < 4.78 is 5.69. The smallest absolute Gasteiger partial charge is 0.269 e. The van der Waals surface area contributed by atoms with Crippen LogP contribution >= 0.6 is 23.8 Å². The van der Waals surface area contributed by atoms with Crippen LogP contribution in [0.3, 0.4) is 0 Å². The first-order valence-electron chi connectivity index (χ1n) is 9.89. The van der Waals surface area contributed by atoms with Crippen LogP contribution < -0.4 is 20.9 Å². The first-order chi connectivity index (χ1) is 14.5. The van der Waals surface area contributed by atoms with E-state index < -0.39 is 5.91 Å². The van der Waals surface area contributed by atoms with Gasteiger partial charge in [0.25, 0.3) is 11.8 Å². The Morgan fingerprint density at radius 3 is 2.13 bits per heavy atom. The number of hydrogen-bond acceptors (Lipinski definition) is 4. The first kappa shape index (κ1) is 23.6. The standard InChI is InChI=1S/C22H26ClN3O3S/c1-2-3-4-5-6-15-29-19-13-9-16(10-14-19)20(27)24-22(30)26-25-21(28)17-7-11-18(23)12-8-17/h7-14H,2-6,15H2,1H3,(H,25,28)(H2,24,26,27,30). The number of carbonyl (C=O) groups is 2. The number of ether oxygens (including phenoxy) is 1. The molecule has 0 aliphatic heterocycles. The highest BCUT2D eigenvalue weighted by Gasteiger charge is 2.10. The van der Waals surface area contributed by atoms with E-state index >= 15 is 0 Å². The molecule has 2 rings (SSSR count). The fourth-order valence-corrected chi connectivity index (χ4v) is 2.86. The largest absolute Gasteiger partial charge is 0.494 e. The molecule has 0 bridgehead atoms. The first-order valence-corrected chi connectivity index (χ1v) is 10.7. The molecule has 0 aliphatic rings. The zero-order chi connectivity index (χ0) is 21.8. The Kier molecular flexibility index (Phi) is 10.1. The van der Waals surface area contributed by atoms with Crippen LogP contribution in [0.5, 0.6) is 5.75 Å². The lowest BCUT2D eigenvalue weighted by Gasteiger charge is -2.11. The van der Waals surface area contributed by atoms with Gasteiger partial charge in [-0.3, -0.25) is 25.8 Å². The summed E-state index contributed by atoms with van der Waals surface area (Å²) in [6.45, 7) is 2.85. The molecule has 0 saturated heterocycles. The van der Waals surface area contributed by atoms with Gasteiger partial charge >= 0.3 is 0 Å². The lowest BCUT2D eigenvalue weighted by Crippen LogP contribution is -2.48. The Hall–Kier alpha value is -2.64. The van der Waals surface area contributed by atoms with E-state index in [0.29, 0.717) is 22.8 Å². The van der Waals surface area contributed by atoms with Crippen molar-refractivity contribution >= 4 is 40.7 Å². The van der Waals surface area contributed by atoms with Crippen molar-refractivity contribution in [1.29, 1.82) is 0 Å². The molecule has 0 atom stereocenters. The van der Waals surface area contributed by atoms with Crippen molar-refractivity contribution in [3.63, 3.8) is 0 Å². The van der Waals surface area contributed by atoms with Gasteiger partial charge in [-0.1, -0.05) is 44.2 Å². The molecule has 160 valence electrons. The quantitative estimate of drug-likeness (QED) is 0.296. The van der Waals surface area contributed by atoms with E-state index in [4.69, 9.17) is 28.6 Å². The molecule has 0 aromatic heterocycles. The minimum Gasteiger partial charge on any atom is -0.494 e. The molecule has 0 unspecified atom stereocenters. The van der Waals surface area contributed by atoms with Gasteiger partial charge in [-0.25, -0.2) is 0 Å². The summed E-state index contributed by atoms with van der Waals surface area (Å²) in [5.74, 6) is -0.0724. The number of benzene rings is 2. The van der Waals surface area contributed by atoms with Crippen molar-refractivity contribution in [2.75, 3.05) is 6.61 Å². The fourth-order valence-electron chi connectivity index (χ4n) is 2.59. The number of carbonyl (C=O) groups excluding carboxylic acids is 2. The van der Waals surface area contributed by atoms with Gasteiger partial charge in [0.1, 0.15) is 5.75 Å². The van der Waals surface area contributed by atoms with Crippen LogP contribution in [-0.4, -0.2) is 23.5 Å². The van der Waals surface area contributed by atoms with Crippen LogP contribution in [0.15, 0.2) is 48.5 Å². The third kappa shape index (κ3) is 8.39. The van der Waals surface area contributed by atoms with Gasteiger partial charge in [-0.05, 0) is 67.2 Å².